The van der Waals surface area contributed by atoms with E-state index in [9.17, 15) is 15.0 Å². The van der Waals surface area contributed by atoms with E-state index in [2.05, 4.69) is 0 Å². The van der Waals surface area contributed by atoms with Crippen molar-refractivity contribution >= 4 is 5.91 Å². The van der Waals surface area contributed by atoms with Gasteiger partial charge in [0.15, 0.2) is 11.5 Å². The standard InChI is InChI=1S/C17H25NO4/c1-12(10-13-5-6-15(20)16(21)11-13)17(22)18-8-3-2-4-14(18)7-9-19/h5-6,11-12,14,19-21H,2-4,7-10H2,1H3. The molecule has 1 aromatic carbocycles. The van der Waals surface area contributed by atoms with Crippen molar-refractivity contribution in [3.8, 4) is 11.5 Å². The van der Waals surface area contributed by atoms with Gasteiger partial charge in [0, 0.05) is 25.1 Å². The van der Waals surface area contributed by atoms with Crippen LogP contribution in [0.4, 0.5) is 0 Å². The molecule has 2 atom stereocenters. The third-order valence-electron chi connectivity index (χ3n) is 4.38. The molecular formula is C17H25NO4. The number of amides is 1. The van der Waals surface area contributed by atoms with E-state index in [1.807, 2.05) is 11.8 Å². The van der Waals surface area contributed by atoms with Gasteiger partial charge in [-0.05, 0) is 49.8 Å². The molecule has 0 aliphatic carbocycles. The van der Waals surface area contributed by atoms with Crippen molar-refractivity contribution < 1.29 is 20.1 Å². The molecule has 0 spiro atoms. The highest BCUT2D eigenvalue weighted by molar-refractivity contribution is 5.79. The van der Waals surface area contributed by atoms with Crippen LogP contribution >= 0.6 is 0 Å². The molecule has 1 aliphatic rings. The summed E-state index contributed by atoms with van der Waals surface area (Å²) in [6.45, 7) is 2.75. The minimum absolute atomic E-state index is 0.103. The molecule has 0 aromatic heterocycles. The fraction of sp³-hybridized carbons (Fsp3) is 0.588. The summed E-state index contributed by atoms with van der Waals surface area (Å²) in [5.74, 6) is -0.399. The van der Waals surface area contributed by atoms with E-state index >= 15 is 0 Å². The summed E-state index contributed by atoms with van der Waals surface area (Å²) in [5.41, 5.74) is 0.826. The minimum Gasteiger partial charge on any atom is -0.504 e. The molecule has 5 nitrogen and oxygen atoms in total. The number of hydrogen-bond donors (Lipinski definition) is 3. The van der Waals surface area contributed by atoms with Gasteiger partial charge in [-0.3, -0.25) is 4.79 Å². The van der Waals surface area contributed by atoms with Crippen LogP contribution in [0.2, 0.25) is 0 Å². The maximum atomic E-state index is 12.7. The molecule has 1 fully saturated rings. The number of aliphatic hydroxyl groups is 1. The normalized spacial score (nSPS) is 19.9. The highest BCUT2D eigenvalue weighted by Crippen LogP contribution is 2.27. The number of carbonyl (C=O) groups excluding carboxylic acids is 1. The van der Waals surface area contributed by atoms with Gasteiger partial charge < -0.3 is 20.2 Å². The second-order valence-electron chi connectivity index (χ2n) is 6.12. The van der Waals surface area contributed by atoms with Gasteiger partial charge >= 0.3 is 0 Å². The Morgan fingerprint density at radius 3 is 2.77 bits per heavy atom. The summed E-state index contributed by atoms with van der Waals surface area (Å²) in [4.78, 5) is 14.6. The third-order valence-corrected chi connectivity index (χ3v) is 4.38. The van der Waals surface area contributed by atoms with Crippen molar-refractivity contribution in [1.82, 2.24) is 4.90 Å². The molecule has 1 aromatic rings. The number of nitrogens with zero attached hydrogens (tertiary/aromatic N) is 1. The summed E-state index contributed by atoms with van der Waals surface area (Å²) in [6.07, 6.45) is 4.24. The van der Waals surface area contributed by atoms with Crippen LogP contribution in [-0.2, 0) is 11.2 Å². The number of benzene rings is 1. The Labute approximate surface area is 131 Å². The molecule has 0 bridgehead atoms. The summed E-state index contributed by atoms with van der Waals surface area (Å²) in [5, 5.41) is 28.0. The maximum Gasteiger partial charge on any atom is 0.225 e. The van der Waals surface area contributed by atoms with Crippen LogP contribution in [-0.4, -0.2) is 45.3 Å². The molecular weight excluding hydrogens is 282 g/mol. The first kappa shape index (κ1) is 16.6. The zero-order valence-electron chi connectivity index (χ0n) is 13.0. The first-order valence-corrected chi connectivity index (χ1v) is 7.95. The van der Waals surface area contributed by atoms with Crippen molar-refractivity contribution in [1.29, 1.82) is 0 Å². The van der Waals surface area contributed by atoms with Gasteiger partial charge in [0.25, 0.3) is 0 Å². The Balaban J connectivity index is 2.02. The molecule has 0 saturated carbocycles. The van der Waals surface area contributed by atoms with Gasteiger partial charge in [0.1, 0.15) is 0 Å². The van der Waals surface area contributed by atoms with Gasteiger partial charge in [0.2, 0.25) is 5.91 Å². The molecule has 2 unspecified atom stereocenters. The number of piperidine rings is 1. The van der Waals surface area contributed by atoms with E-state index in [-0.39, 0.29) is 36.0 Å². The topological polar surface area (TPSA) is 81.0 Å². The Morgan fingerprint density at radius 1 is 1.32 bits per heavy atom. The predicted molar refractivity (Wildman–Crippen MR) is 83.7 cm³/mol. The van der Waals surface area contributed by atoms with Gasteiger partial charge in [-0.2, -0.15) is 0 Å². The van der Waals surface area contributed by atoms with Crippen molar-refractivity contribution in [3.05, 3.63) is 23.8 Å². The molecule has 2 rings (SSSR count). The molecule has 1 aliphatic heterocycles. The number of hydrogen-bond acceptors (Lipinski definition) is 4. The fourth-order valence-corrected chi connectivity index (χ4v) is 3.16. The lowest BCUT2D eigenvalue weighted by Crippen LogP contribution is -2.46. The number of aliphatic hydroxyl groups excluding tert-OH is 1. The smallest absolute Gasteiger partial charge is 0.225 e. The quantitative estimate of drug-likeness (QED) is 0.727. The summed E-state index contributed by atoms with van der Waals surface area (Å²) in [7, 11) is 0. The van der Waals surface area contributed by atoms with E-state index < -0.39 is 0 Å². The van der Waals surface area contributed by atoms with Gasteiger partial charge in [0.05, 0.1) is 0 Å². The number of rotatable bonds is 5. The zero-order chi connectivity index (χ0) is 16.1. The van der Waals surface area contributed by atoms with Crippen molar-refractivity contribution in [3.63, 3.8) is 0 Å². The second kappa shape index (κ2) is 7.49. The monoisotopic (exact) mass is 307 g/mol. The average molecular weight is 307 g/mol. The lowest BCUT2D eigenvalue weighted by Gasteiger charge is -2.37. The summed E-state index contributed by atoms with van der Waals surface area (Å²) < 4.78 is 0. The Kier molecular flexibility index (Phi) is 5.66. The largest absolute Gasteiger partial charge is 0.504 e. The SMILES string of the molecule is CC(Cc1ccc(O)c(O)c1)C(=O)N1CCCCC1CCO. The average Bonchev–Trinajstić information content (AvgIpc) is 2.51. The first-order chi connectivity index (χ1) is 10.5. The summed E-state index contributed by atoms with van der Waals surface area (Å²) >= 11 is 0. The van der Waals surface area contributed by atoms with Gasteiger partial charge in [-0.1, -0.05) is 13.0 Å². The fourth-order valence-electron chi connectivity index (χ4n) is 3.16. The third kappa shape index (κ3) is 3.91. The Bertz CT molecular complexity index is 515. The Morgan fingerprint density at radius 2 is 2.09 bits per heavy atom. The number of carbonyl (C=O) groups is 1. The molecule has 0 radical (unpaired) electrons. The van der Waals surface area contributed by atoms with E-state index in [4.69, 9.17) is 5.11 Å². The molecule has 22 heavy (non-hydrogen) atoms. The van der Waals surface area contributed by atoms with Crippen LogP contribution in [0.25, 0.3) is 0 Å². The lowest BCUT2D eigenvalue weighted by atomic mass is 9.94. The van der Waals surface area contributed by atoms with E-state index in [1.54, 1.807) is 6.07 Å². The highest BCUT2D eigenvalue weighted by Gasteiger charge is 2.29. The van der Waals surface area contributed by atoms with E-state index in [0.717, 1.165) is 31.4 Å². The van der Waals surface area contributed by atoms with Crippen LogP contribution in [0.5, 0.6) is 11.5 Å². The second-order valence-corrected chi connectivity index (χ2v) is 6.12. The summed E-state index contributed by atoms with van der Waals surface area (Å²) in [6, 6.07) is 4.81. The number of likely N-dealkylation sites (tertiary alicyclic amines) is 1. The molecule has 5 heteroatoms. The van der Waals surface area contributed by atoms with Crippen LogP contribution in [0.1, 0.15) is 38.2 Å². The Hall–Kier alpha value is -1.75. The van der Waals surface area contributed by atoms with Crippen LogP contribution in [0.3, 0.4) is 0 Å². The van der Waals surface area contributed by atoms with Gasteiger partial charge in [-0.25, -0.2) is 0 Å². The van der Waals surface area contributed by atoms with Crippen LogP contribution < -0.4 is 0 Å². The van der Waals surface area contributed by atoms with Gasteiger partial charge in [-0.15, -0.1) is 0 Å². The van der Waals surface area contributed by atoms with Crippen molar-refractivity contribution in [2.75, 3.05) is 13.2 Å². The van der Waals surface area contributed by atoms with Crippen molar-refractivity contribution in [2.45, 2.75) is 45.1 Å². The zero-order valence-corrected chi connectivity index (χ0v) is 13.0. The van der Waals surface area contributed by atoms with Crippen LogP contribution in [0.15, 0.2) is 18.2 Å². The number of phenols is 2. The van der Waals surface area contributed by atoms with Crippen LogP contribution in [0, 0.1) is 5.92 Å². The molecule has 3 N–H and O–H groups in total. The first-order valence-electron chi connectivity index (χ1n) is 7.95. The molecule has 1 amide bonds. The maximum absolute atomic E-state index is 12.7. The lowest BCUT2D eigenvalue weighted by molar-refractivity contribution is -0.139. The minimum atomic E-state index is -0.191. The molecule has 122 valence electrons. The molecule has 1 saturated heterocycles. The number of aromatic hydroxyl groups is 2. The predicted octanol–water partition coefficient (Wildman–Crippen LogP) is 2.04. The van der Waals surface area contributed by atoms with Crippen molar-refractivity contribution in [2.24, 2.45) is 5.92 Å². The van der Waals surface area contributed by atoms with E-state index in [0.29, 0.717) is 12.8 Å². The van der Waals surface area contributed by atoms with E-state index in [1.165, 1.54) is 12.1 Å². The number of phenolic OH excluding ortho intramolecular Hbond substituents is 2. The highest BCUT2D eigenvalue weighted by atomic mass is 16.3. The molecule has 1 heterocycles.